The number of nitrogens with zero attached hydrogens (tertiary/aromatic N) is 3. The third-order valence-electron chi connectivity index (χ3n) is 4.21. The fourth-order valence-electron chi connectivity index (χ4n) is 2.68. The smallest absolute Gasteiger partial charge is 0.213 e. The molecule has 8 heteroatoms. The molecule has 26 heavy (non-hydrogen) atoms. The Hall–Kier alpha value is -0.870. The Bertz CT molecular complexity index is 550. The van der Waals surface area contributed by atoms with Gasteiger partial charge in [-0.25, -0.2) is 4.98 Å². The molecule has 2 rings (SSSR count). The van der Waals surface area contributed by atoms with Crippen molar-refractivity contribution in [1.82, 2.24) is 20.5 Å². The van der Waals surface area contributed by atoms with E-state index < -0.39 is 0 Å². The number of morpholine rings is 1. The zero-order valence-corrected chi connectivity index (χ0v) is 19.0. The van der Waals surface area contributed by atoms with Crippen molar-refractivity contribution in [2.75, 3.05) is 46.4 Å². The summed E-state index contributed by atoms with van der Waals surface area (Å²) in [5.74, 6) is 2.87. The van der Waals surface area contributed by atoms with Crippen LogP contribution in [0.1, 0.15) is 39.3 Å². The number of hydrogen-bond donors (Lipinski definition) is 2. The number of ether oxygens (including phenoxy) is 1. The summed E-state index contributed by atoms with van der Waals surface area (Å²) in [7, 11) is 1.78. The minimum absolute atomic E-state index is 0. The maximum atomic E-state index is 5.79. The lowest BCUT2D eigenvalue weighted by Crippen LogP contribution is -2.43. The van der Waals surface area contributed by atoms with Crippen molar-refractivity contribution in [1.29, 1.82) is 0 Å². The normalized spacial score (nSPS) is 17.5. The molecule has 2 heterocycles. The lowest BCUT2D eigenvalue weighted by molar-refractivity contribution is 0.0320. The maximum Gasteiger partial charge on any atom is 0.213 e. The van der Waals surface area contributed by atoms with Crippen LogP contribution in [0.3, 0.4) is 0 Å². The van der Waals surface area contributed by atoms with E-state index in [4.69, 9.17) is 9.15 Å². The molecule has 1 unspecified atom stereocenters. The monoisotopic (exact) mass is 479 g/mol. The number of nitrogens with one attached hydrogen (secondary N) is 2. The number of guanidine groups is 1. The first kappa shape index (κ1) is 23.2. The van der Waals surface area contributed by atoms with E-state index in [1.165, 1.54) is 0 Å². The molecule has 1 aromatic heterocycles. The summed E-state index contributed by atoms with van der Waals surface area (Å²) in [5.41, 5.74) is -0.0277. The van der Waals surface area contributed by atoms with Gasteiger partial charge in [0.15, 0.2) is 5.96 Å². The molecule has 0 aromatic carbocycles. The van der Waals surface area contributed by atoms with Crippen LogP contribution in [0.15, 0.2) is 15.6 Å². The summed E-state index contributed by atoms with van der Waals surface area (Å²) in [5, 5.41) is 6.64. The highest BCUT2D eigenvalue weighted by atomic mass is 127. The predicted octanol–water partition coefficient (Wildman–Crippen LogP) is 2.22. The lowest BCUT2D eigenvalue weighted by atomic mass is 9.94. The Morgan fingerprint density at radius 3 is 2.58 bits per heavy atom. The van der Waals surface area contributed by atoms with Crippen LogP contribution in [-0.2, 0) is 16.7 Å². The molecule has 0 aliphatic carbocycles. The highest BCUT2D eigenvalue weighted by Crippen LogP contribution is 2.22. The van der Waals surface area contributed by atoms with Crippen LogP contribution in [0.5, 0.6) is 0 Å². The van der Waals surface area contributed by atoms with Gasteiger partial charge in [0.1, 0.15) is 5.76 Å². The van der Waals surface area contributed by atoms with Gasteiger partial charge in [0.05, 0.1) is 26.0 Å². The highest BCUT2D eigenvalue weighted by molar-refractivity contribution is 14.0. The Morgan fingerprint density at radius 1 is 1.31 bits per heavy atom. The standard InChI is InChI=1S/C18H33N5O2.HI/c1-14(13-23-6-8-24-9-7-23)10-21-17(19-5)22-12-16-20-11-15(25-16)18(2,3)4;/h11,14H,6-10,12-13H2,1-5H3,(H2,19,21,22);1H. The zero-order valence-electron chi connectivity index (χ0n) is 16.7. The van der Waals surface area contributed by atoms with Crippen LogP contribution in [0.4, 0.5) is 0 Å². The van der Waals surface area contributed by atoms with Gasteiger partial charge in [0, 0.05) is 38.6 Å². The predicted molar refractivity (Wildman–Crippen MR) is 115 cm³/mol. The van der Waals surface area contributed by atoms with Crippen LogP contribution in [0.2, 0.25) is 0 Å². The molecule has 1 aliphatic rings. The van der Waals surface area contributed by atoms with Crippen molar-refractivity contribution < 1.29 is 9.15 Å². The molecule has 0 spiro atoms. The van der Waals surface area contributed by atoms with Crippen LogP contribution in [0.25, 0.3) is 0 Å². The van der Waals surface area contributed by atoms with Crippen molar-refractivity contribution in [3.05, 3.63) is 17.8 Å². The number of oxazole rings is 1. The molecule has 1 aromatic rings. The topological polar surface area (TPSA) is 74.9 Å². The second-order valence-electron chi connectivity index (χ2n) is 7.69. The van der Waals surface area contributed by atoms with Crippen LogP contribution in [-0.4, -0.2) is 62.3 Å². The average molecular weight is 479 g/mol. The first-order valence-corrected chi connectivity index (χ1v) is 9.08. The molecule has 0 amide bonds. The average Bonchev–Trinajstić information content (AvgIpc) is 3.05. The summed E-state index contributed by atoms with van der Waals surface area (Å²) in [6.45, 7) is 14.8. The van der Waals surface area contributed by atoms with E-state index >= 15 is 0 Å². The van der Waals surface area contributed by atoms with Crippen LogP contribution < -0.4 is 10.6 Å². The number of rotatable bonds is 6. The van der Waals surface area contributed by atoms with Crippen LogP contribution >= 0.6 is 24.0 Å². The van der Waals surface area contributed by atoms with Gasteiger partial charge in [-0.05, 0) is 5.92 Å². The number of hydrogen-bond acceptors (Lipinski definition) is 5. The van der Waals surface area contributed by atoms with Crippen molar-refractivity contribution in [3.8, 4) is 0 Å². The lowest BCUT2D eigenvalue weighted by Gasteiger charge is -2.29. The molecule has 1 saturated heterocycles. The van der Waals surface area contributed by atoms with Crippen molar-refractivity contribution in [2.45, 2.75) is 39.7 Å². The fraction of sp³-hybridized carbons (Fsp3) is 0.778. The van der Waals surface area contributed by atoms with Gasteiger partial charge in [-0.1, -0.05) is 27.7 Å². The van der Waals surface area contributed by atoms with Gasteiger partial charge in [-0.3, -0.25) is 9.89 Å². The third kappa shape index (κ3) is 7.79. The fourth-order valence-corrected chi connectivity index (χ4v) is 2.68. The van der Waals surface area contributed by atoms with Crippen molar-refractivity contribution >= 4 is 29.9 Å². The summed E-state index contributed by atoms with van der Waals surface area (Å²) in [6, 6.07) is 0. The largest absolute Gasteiger partial charge is 0.443 e. The Balaban J connectivity index is 0.00000338. The zero-order chi connectivity index (χ0) is 18.3. The van der Waals surface area contributed by atoms with Gasteiger partial charge in [0.25, 0.3) is 0 Å². The molecule has 0 bridgehead atoms. The van der Waals surface area contributed by atoms with E-state index in [9.17, 15) is 0 Å². The molecular weight excluding hydrogens is 445 g/mol. The summed E-state index contributed by atoms with van der Waals surface area (Å²) < 4.78 is 11.2. The minimum atomic E-state index is -0.0277. The quantitative estimate of drug-likeness (QED) is 0.371. The second kappa shape index (κ2) is 11.1. The molecule has 1 fully saturated rings. The van der Waals surface area contributed by atoms with E-state index in [-0.39, 0.29) is 29.4 Å². The first-order valence-electron chi connectivity index (χ1n) is 9.08. The molecule has 0 radical (unpaired) electrons. The van der Waals surface area contributed by atoms with E-state index in [0.29, 0.717) is 18.4 Å². The number of aromatic nitrogens is 1. The second-order valence-corrected chi connectivity index (χ2v) is 7.69. The van der Waals surface area contributed by atoms with E-state index in [1.807, 2.05) is 0 Å². The molecule has 0 saturated carbocycles. The van der Waals surface area contributed by atoms with Gasteiger partial charge in [-0.2, -0.15) is 0 Å². The first-order chi connectivity index (χ1) is 11.9. The number of halogens is 1. The Labute approximate surface area is 174 Å². The molecule has 2 N–H and O–H groups in total. The summed E-state index contributed by atoms with van der Waals surface area (Å²) >= 11 is 0. The molecular formula is C18H34IN5O2. The molecule has 7 nitrogen and oxygen atoms in total. The summed E-state index contributed by atoms with van der Waals surface area (Å²) in [4.78, 5) is 11.1. The molecule has 1 atom stereocenters. The maximum absolute atomic E-state index is 5.79. The number of aliphatic imine (C=N–C) groups is 1. The van der Waals surface area contributed by atoms with Gasteiger partial charge in [0.2, 0.25) is 5.89 Å². The highest BCUT2D eigenvalue weighted by Gasteiger charge is 2.19. The minimum Gasteiger partial charge on any atom is -0.443 e. The van der Waals surface area contributed by atoms with Crippen molar-refractivity contribution in [3.63, 3.8) is 0 Å². The van der Waals surface area contributed by atoms with Gasteiger partial charge in [-0.15, -0.1) is 24.0 Å². The SMILES string of the molecule is CN=C(NCc1ncc(C(C)(C)C)o1)NCC(C)CN1CCOCC1.I. The van der Waals surface area contributed by atoms with E-state index in [0.717, 1.165) is 51.1 Å². The molecule has 150 valence electrons. The summed E-state index contributed by atoms with van der Waals surface area (Å²) in [6.07, 6.45) is 1.80. The van der Waals surface area contributed by atoms with Crippen molar-refractivity contribution in [2.24, 2.45) is 10.9 Å². The van der Waals surface area contributed by atoms with E-state index in [2.05, 4.69) is 53.2 Å². The third-order valence-corrected chi connectivity index (χ3v) is 4.21. The van der Waals surface area contributed by atoms with Crippen LogP contribution in [0, 0.1) is 5.92 Å². The Kier molecular flexibility index (Phi) is 9.88. The van der Waals surface area contributed by atoms with E-state index in [1.54, 1.807) is 13.2 Å². The Morgan fingerprint density at radius 2 is 2.00 bits per heavy atom. The van der Waals surface area contributed by atoms with Gasteiger partial charge >= 0.3 is 0 Å². The van der Waals surface area contributed by atoms with Gasteiger partial charge < -0.3 is 19.8 Å². The molecule has 1 aliphatic heterocycles.